The second-order valence-electron chi connectivity index (χ2n) is 7.02. The lowest BCUT2D eigenvalue weighted by molar-refractivity contribution is -0.120. The summed E-state index contributed by atoms with van der Waals surface area (Å²) in [6.45, 7) is 1.80. The van der Waals surface area contributed by atoms with E-state index < -0.39 is 15.1 Å². The molecule has 2 atom stereocenters. The van der Waals surface area contributed by atoms with Gasteiger partial charge in [0.25, 0.3) is 0 Å². The molecule has 0 radical (unpaired) electrons. The standard InChI is InChI=1S/C17H21N5O3S2/c1-11(16(23)19-13-6-8-27(24,25)10-13)26-17-21-20-15(22(17)14-4-5-14)12-3-2-7-18-9-12/h2-3,7,9,11,13-14H,4-6,8,10H2,1H3,(H,19,23)/t11-,13+/m0/s1. The van der Waals surface area contributed by atoms with E-state index in [2.05, 4.69) is 25.1 Å². The maximum Gasteiger partial charge on any atom is 0.233 e. The smallest absolute Gasteiger partial charge is 0.233 e. The minimum absolute atomic E-state index is 0.0273. The van der Waals surface area contributed by atoms with E-state index in [9.17, 15) is 13.2 Å². The SMILES string of the molecule is C[C@H](Sc1nnc(-c2cccnc2)n1C1CC1)C(=O)N[C@@H]1CCS(=O)(=O)C1. The van der Waals surface area contributed by atoms with E-state index >= 15 is 0 Å². The molecule has 1 amide bonds. The first-order valence-electron chi connectivity index (χ1n) is 8.96. The second kappa shape index (κ2) is 7.23. The normalized spacial score (nSPS) is 22.5. The Morgan fingerprint density at radius 1 is 1.33 bits per heavy atom. The number of rotatable bonds is 6. The molecule has 2 aromatic heterocycles. The molecule has 1 aliphatic heterocycles. The van der Waals surface area contributed by atoms with Gasteiger partial charge in [0.2, 0.25) is 5.91 Å². The average Bonchev–Trinajstić information content (AvgIpc) is 3.31. The third kappa shape index (κ3) is 4.16. The summed E-state index contributed by atoms with van der Waals surface area (Å²) in [6.07, 6.45) is 6.09. The Kier molecular flexibility index (Phi) is 4.94. The number of amides is 1. The fourth-order valence-electron chi connectivity index (χ4n) is 3.15. The molecule has 27 heavy (non-hydrogen) atoms. The molecule has 2 fully saturated rings. The van der Waals surface area contributed by atoms with Gasteiger partial charge in [-0.3, -0.25) is 14.3 Å². The molecule has 0 aromatic carbocycles. The summed E-state index contributed by atoms with van der Waals surface area (Å²) in [7, 11) is -3.02. The van der Waals surface area contributed by atoms with Crippen LogP contribution in [0.25, 0.3) is 11.4 Å². The van der Waals surface area contributed by atoms with Crippen LogP contribution in [0.3, 0.4) is 0 Å². The summed E-state index contributed by atoms with van der Waals surface area (Å²) in [4.78, 5) is 16.6. The Hall–Kier alpha value is -1.94. The van der Waals surface area contributed by atoms with Crippen LogP contribution in [0.2, 0.25) is 0 Å². The molecule has 3 heterocycles. The van der Waals surface area contributed by atoms with Crippen molar-refractivity contribution in [2.45, 2.75) is 48.7 Å². The zero-order chi connectivity index (χ0) is 19.0. The first-order chi connectivity index (χ1) is 12.9. The van der Waals surface area contributed by atoms with Crippen LogP contribution in [0.5, 0.6) is 0 Å². The topological polar surface area (TPSA) is 107 Å². The quantitative estimate of drug-likeness (QED) is 0.722. The summed E-state index contributed by atoms with van der Waals surface area (Å²) in [5.41, 5.74) is 0.900. The number of hydrogen-bond donors (Lipinski definition) is 1. The van der Waals surface area contributed by atoms with Crippen molar-refractivity contribution >= 4 is 27.5 Å². The number of aromatic nitrogens is 4. The van der Waals surface area contributed by atoms with Crippen molar-refractivity contribution in [3.63, 3.8) is 0 Å². The van der Waals surface area contributed by atoms with Gasteiger partial charge in [-0.05, 0) is 38.3 Å². The number of sulfone groups is 1. The molecule has 8 nitrogen and oxygen atoms in total. The van der Waals surface area contributed by atoms with E-state index in [1.807, 2.05) is 12.1 Å². The van der Waals surface area contributed by atoms with Gasteiger partial charge in [0, 0.05) is 30.0 Å². The van der Waals surface area contributed by atoms with Crippen molar-refractivity contribution in [2.75, 3.05) is 11.5 Å². The molecule has 1 aliphatic carbocycles. The van der Waals surface area contributed by atoms with Gasteiger partial charge in [0.15, 0.2) is 20.8 Å². The molecule has 144 valence electrons. The van der Waals surface area contributed by atoms with E-state index in [0.717, 1.165) is 24.2 Å². The fourth-order valence-corrected chi connectivity index (χ4v) is 5.75. The van der Waals surface area contributed by atoms with Crippen LogP contribution in [0, 0.1) is 0 Å². The van der Waals surface area contributed by atoms with Crippen molar-refractivity contribution < 1.29 is 13.2 Å². The predicted molar refractivity (Wildman–Crippen MR) is 102 cm³/mol. The lowest BCUT2D eigenvalue weighted by atomic mass is 10.2. The molecule has 0 bridgehead atoms. The summed E-state index contributed by atoms with van der Waals surface area (Å²) in [5.74, 6) is 0.765. The van der Waals surface area contributed by atoms with E-state index in [4.69, 9.17) is 0 Å². The third-order valence-electron chi connectivity index (χ3n) is 4.73. The summed E-state index contributed by atoms with van der Waals surface area (Å²) < 4.78 is 25.2. The van der Waals surface area contributed by atoms with Crippen LogP contribution in [-0.4, -0.2) is 56.9 Å². The van der Waals surface area contributed by atoms with Gasteiger partial charge in [-0.1, -0.05) is 11.8 Å². The van der Waals surface area contributed by atoms with Crippen LogP contribution in [0.4, 0.5) is 0 Å². The zero-order valence-electron chi connectivity index (χ0n) is 14.9. The summed E-state index contributed by atoms with van der Waals surface area (Å²) in [6, 6.07) is 3.87. The van der Waals surface area contributed by atoms with Gasteiger partial charge in [0.1, 0.15) is 0 Å². The van der Waals surface area contributed by atoms with E-state index in [1.54, 1.807) is 19.3 Å². The van der Waals surface area contributed by atoms with Crippen molar-refractivity contribution in [1.29, 1.82) is 0 Å². The molecule has 10 heteroatoms. The minimum Gasteiger partial charge on any atom is -0.351 e. The second-order valence-corrected chi connectivity index (χ2v) is 10.6. The maximum atomic E-state index is 12.5. The highest BCUT2D eigenvalue weighted by Gasteiger charge is 2.33. The van der Waals surface area contributed by atoms with Gasteiger partial charge >= 0.3 is 0 Å². The van der Waals surface area contributed by atoms with Crippen molar-refractivity contribution in [3.8, 4) is 11.4 Å². The van der Waals surface area contributed by atoms with Crippen LogP contribution in [0.15, 0.2) is 29.7 Å². The Morgan fingerprint density at radius 3 is 2.78 bits per heavy atom. The number of nitrogens with one attached hydrogen (secondary N) is 1. The van der Waals surface area contributed by atoms with E-state index in [-0.39, 0.29) is 23.5 Å². The molecule has 0 unspecified atom stereocenters. The molecule has 1 saturated carbocycles. The van der Waals surface area contributed by atoms with Crippen LogP contribution in [0.1, 0.15) is 32.2 Å². The molecular weight excluding hydrogens is 386 g/mol. The van der Waals surface area contributed by atoms with Gasteiger partial charge in [-0.25, -0.2) is 8.42 Å². The lowest BCUT2D eigenvalue weighted by Gasteiger charge is -2.16. The first-order valence-corrected chi connectivity index (χ1v) is 11.7. The first kappa shape index (κ1) is 18.4. The van der Waals surface area contributed by atoms with Crippen LogP contribution in [-0.2, 0) is 14.6 Å². The molecule has 2 aliphatic rings. The number of hydrogen-bond acceptors (Lipinski definition) is 7. The van der Waals surface area contributed by atoms with Gasteiger partial charge in [-0.2, -0.15) is 0 Å². The summed E-state index contributed by atoms with van der Waals surface area (Å²) in [5, 5.41) is 11.8. The summed E-state index contributed by atoms with van der Waals surface area (Å²) >= 11 is 1.35. The molecule has 0 spiro atoms. The monoisotopic (exact) mass is 407 g/mol. The number of pyridine rings is 1. The van der Waals surface area contributed by atoms with E-state index in [0.29, 0.717) is 17.6 Å². The highest BCUT2D eigenvalue weighted by molar-refractivity contribution is 8.00. The van der Waals surface area contributed by atoms with Gasteiger partial charge < -0.3 is 5.32 Å². The van der Waals surface area contributed by atoms with Crippen LogP contribution >= 0.6 is 11.8 Å². The van der Waals surface area contributed by atoms with E-state index in [1.165, 1.54) is 11.8 Å². The lowest BCUT2D eigenvalue weighted by Crippen LogP contribution is -2.40. The number of nitrogens with zero attached hydrogens (tertiary/aromatic N) is 4. The largest absolute Gasteiger partial charge is 0.351 e. The molecule has 4 rings (SSSR count). The zero-order valence-corrected chi connectivity index (χ0v) is 16.5. The van der Waals surface area contributed by atoms with Crippen molar-refractivity contribution in [3.05, 3.63) is 24.5 Å². The van der Waals surface area contributed by atoms with Gasteiger partial charge in [-0.15, -0.1) is 10.2 Å². The highest BCUT2D eigenvalue weighted by atomic mass is 32.2. The maximum absolute atomic E-state index is 12.5. The number of thioether (sulfide) groups is 1. The molecule has 1 N–H and O–H groups in total. The Balaban J connectivity index is 1.48. The Labute approximate surface area is 162 Å². The predicted octanol–water partition coefficient (Wildman–Crippen LogP) is 1.46. The van der Waals surface area contributed by atoms with Gasteiger partial charge in [0.05, 0.1) is 16.8 Å². The van der Waals surface area contributed by atoms with Crippen molar-refractivity contribution in [1.82, 2.24) is 25.1 Å². The van der Waals surface area contributed by atoms with Crippen LogP contribution < -0.4 is 5.32 Å². The Morgan fingerprint density at radius 2 is 2.15 bits per heavy atom. The third-order valence-corrected chi connectivity index (χ3v) is 7.55. The average molecular weight is 408 g/mol. The molecule has 2 aromatic rings. The van der Waals surface area contributed by atoms with Crippen molar-refractivity contribution in [2.24, 2.45) is 0 Å². The number of carbonyl (C=O) groups is 1. The Bertz CT molecular complexity index is 941. The minimum atomic E-state index is -3.02. The molecule has 1 saturated heterocycles. The fraction of sp³-hybridized carbons (Fsp3) is 0.529. The molecular formula is C17H21N5O3S2. The number of carbonyl (C=O) groups excluding carboxylic acids is 1. The highest BCUT2D eigenvalue weighted by Crippen LogP contribution is 2.41.